The normalized spacial score (nSPS) is 11.2. The van der Waals surface area contributed by atoms with Gasteiger partial charge in [0.15, 0.2) is 0 Å². The molecule has 1 aromatic rings. The van der Waals surface area contributed by atoms with Crippen LogP contribution in [0.25, 0.3) is 0 Å². The van der Waals surface area contributed by atoms with Crippen LogP contribution in [0.1, 0.15) is 43.6 Å². The van der Waals surface area contributed by atoms with Crippen LogP contribution in [0, 0.1) is 30.6 Å². The Labute approximate surface area is 115 Å². The number of aryl methyl sites for hydroxylation is 2. The first kappa shape index (κ1) is 15.5. The Morgan fingerprint density at radius 2 is 2.00 bits per heavy atom. The number of nitrogens with zero attached hydrogens (tertiary/aromatic N) is 2. The molecule has 1 heterocycles. The Bertz CT molecular complexity index is 465. The molecule has 0 aliphatic heterocycles. The highest BCUT2D eigenvalue weighted by atomic mass is 16.3. The van der Waals surface area contributed by atoms with Crippen molar-refractivity contribution in [3.05, 3.63) is 23.0 Å². The molecule has 0 amide bonds. The number of aromatic nitrogens is 1. The summed E-state index contributed by atoms with van der Waals surface area (Å²) in [4.78, 5) is 4.30. The van der Waals surface area contributed by atoms with Crippen molar-refractivity contribution >= 4 is 5.69 Å². The Kier molecular flexibility index (Phi) is 5.31. The summed E-state index contributed by atoms with van der Waals surface area (Å²) in [5, 5.41) is 22.1. The van der Waals surface area contributed by atoms with Gasteiger partial charge in [-0.15, -0.1) is 0 Å². The molecule has 2 N–H and O–H groups in total. The van der Waals surface area contributed by atoms with E-state index in [9.17, 15) is 10.4 Å². The monoisotopic (exact) mass is 261 g/mol. The third-order valence-electron chi connectivity index (χ3n) is 3.93. The van der Waals surface area contributed by atoms with E-state index in [0.717, 1.165) is 29.9 Å². The summed E-state index contributed by atoms with van der Waals surface area (Å²) in [6.07, 6.45) is 1.80. The minimum absolute atomic E-state index is 0.127. The molecule has 19 heavy (non-hydrogen) atoms. The first-order valence-electron chi connectivity index (χ1n) is 6.75. The van der Waals surface area contributed by atoms with Gasteiger partial charge in [0.25, 0.3) is 0 Å². The average molecular weight is 261 g/mol. The largest absolute Gasteiger partial charge is 0.396 e. The molecule has 1 rings (SSSR count). The van der Waals surface area contributed by atoms with Crippen molar-refractivity contribution in [2.45, 2.75) is 40.5 Å². The SMILES string of the molecule is CCC(CC)(CO)CNc1cc(C)nc(C)c1C#N. The van der Waals surface area contributed by atoms with Crippen molar-refractivity contribution in [1.29, 1.82) is 5.26 Å². The first-order valence-corrected chi connectivity index (χ1v) is 6.75. The van der Waals surface area contributed by atoms with Crippen LogP contribution in [0.5, 0.6) is 0 Å². The summed E-state index contributed by atoms with van der Waals surface area (Å²) < 4.78 is 0. The van der Waals surface area contributed by atoms with E-state index in [1.807, 2.05) is 19.9 Å². The number of hydrogen-bond acceptors (Lipinski definition) is 4. The third-order valence-corrected chi connectivity index (χ3v) is 3.93. The number of aliphatic hydroxyl groups is 1. The molecular formula is C15H23N3O. The number of anilines is 1. The highest BCUT2D eigenvalue weighted by Gasteiger charge is 2.25. The topological polar surface area (TPSA) is 68.9 Å². The Hall–Kier alpha value is -1.60. The second-order valence-electron chi connectivity index (χ2n) is 5.10. The van der Waals surface area contributed by atoms with Crippen LogP contribution in [0.15, 0.2) is 6.07 Å². The molecule has 0 saturated carbocycles. The van der Waals surface area contributed by atoms with E-state index in [-0.39, 0.29) is 12.0 Å². The van der Waals surface area contributed by atoms with E-state index in [4.69, 9.17) is 0 Å². The van der Waals surface area contributed by atoms with Gasteiger partial charge in [-0.1, -0.05) is 13.8 Å². The van der Waals surface area contributed by atoms with E-state index in [1.54, 1.807) is 0 Å². The van der Waals surface area contributed by atoms with Crippen LogP contribution in [-0.4, -0.2) is 23.2 Å². The van der Waals surface area contributed by atoms with Crippen LogP contribution in [-0.2, 0) is 0 Å². The number of nitriles is 1. The van der Waals surface area contributed by atoms with E-state index in [1.165, 1.54) is 0 Å². The summed E-state index contributed by atoms with van der Waals surface area (Å²) >= 11 is 0. The van der Waals surface area contributed by atoms with E-state index in [0.29, 0.717) is 12.1 Å². The zero-order valence-corrected chi connectivity index (χ0v) is 12.2. The molecule has 0 spiro atoms. The maximum absolute atomic E-state index is 9.57. The second-order valence-corrected chi connectivity index (χ2v) is 5.10. The van der Waals surface area contributed by atoms with Gasteiger partial charge in [0.1, 0.15) is 6.07 Å². The van der Waals surface area contributed by atoms with Gasteiger partial charge in [-0.05, 0) is 32.8 Å². The smallest absolute Gasteiger partial charge is 0.103 e. The lowest BCUT2D eigenvalue weighted by molar-refractivity contribution is 0.127. The summed E-state index contributed by atoms with van der Waals surface area (Å²) in [7, 11) is 0. The van der Waals surface area contributed by atoms with Gasteiger partial charge in [0, 0.05) is 17.7 Å². The Morgan fingerprint density at radius 1 is 1.37 bits per heavy atom. The minimum atomic E-state index is -0.127. The second kappa shape index (κ2) is 6.53. The number of pyridine rings is 1. The maximum Gasteiger partial charge on any atom is 0.103 e. The van der Waals surface area contributed by atoms with E-state index >= 15 is 0 Å². The third kappa shape index (κ3) is 3.45. The lowest BCUT2D eigenvalue weighted by Crippen LogP contribution is -2.32. The highest BCUT2D eigenvalue weighted by Crippen LogP contribution is 2.27. The van der Waals surface area contributed by atoms with Gasteiger partial charge in [-0.2, -0.15) is 5.26 Å². The quantitative estimate of drug-likeness (QED) is 0.826. The number of hydrogen-bond donors (Lipinski definition) is 2. The van der Waals surface area contributed by atoms with Crippen molar-refractivity contribution in [3.8, 4) is 6.07 Å². The molecule has 1 aromatic heterocycles. The summed E-state index contributed by atoms with van der Waals surface area (Å²) in [5.74, 6) is 0. The standard InChI is InChI=1S/C15H23N3O/c1-5-15(6-2,10-19)9-17-14-7-11(3)18-12(4)13(14)8-16/h7,19H,5-6,9-10H2,1-4H3,(H,17,18). The van der Waals surface area contributed by atoms with Crippen LogP contribution in [0.4, 0.5) is 5.69 Å². The van der Waals surface area contributed by atoms with Crippen molar-refractivity contribution in [3.63, 3.8) is 0 Å². The Morgan fingerprint density at radius 3 is 2.47 bits per heavy atom. The molecule has 4 nitrogen and oxygen atoms in total. The predicted molar refractivity (Wildman–Crippen MR) is 77.0 cm³/mol. The van der Waals surface area contributed by atoms with Crippen LogP contribution < -0.4 is 5.32 Å². The molecule has 0 unspecified atom stereocenters. The molecule has 0 radical (unpaired) electrons. The van der Waals surface area contributed by atoms with Crippen molar-refractivity contribution in [1.82, 2.24) is 4.98 Å². The lowest BCUT2D eigenvalue weighted by atomic mass is 9.83. The molecule has 0 aromatic carbocycles. The first-order chi connectivity index (χ1) is 9.01. The molecule has 4 heteroatoms. The zero-order valence-electron chi connectivity index (χ0n) is 12.2. The average Bonchev–Trinajstić information content (AvgIpc) is 2.40. The van der Waals surface area contributed by atoms with Gasteiger partial charge in [-0.3, -0.25) is 4.98 Å². The van der Waals surface area contributed by atoms with Crippen molar-refractivity contribution in [2.24, 2.45) is 5.41 Å². The van der Waals surface area contributed by atoms with Gasteiger partial charge in [0.2, 0.25) is 0 Å². The molecule has 0 saturated heterocycles. The van der Waals surface area contributed by atoms with Gasteiger partial charge >= 0.3 is 0 Å². The van der Waals surface area contributed by atoms with Crippen LogP contribution in [0.3, 0.4) is 0 Å². The zero-order chi connectivity index (χ0) is 14.5. The number of nitrogens with one attached hydrogen (secondary N) is 1. The summed E-state index contributed by atoms with van der Waals surface area (Å²) in [6.45, 7) is 8.73. The van der Waals surface area contributed by atoms with Gasteiger partial charge in [-0.25, -0.2) is 0 Å². The molecule has 0 aliphatic carbocycles. The fraction of sp³-hybridized carbons (Fsp3) is 0.600. The summed E-state index contributed by atoms with van der Waals surface area (Å²) in [6, 6.07) is 4.08. The van der Waals surface area contributed by atoms with Gasteiger partial charge in [0.05, 0.1) is 23.6 Å². The lowest BCUT2D eigenvalue weighted by Gasteiger charge is -2.30. The highest BCUT2D eigenvalue weighted by molar-refractivity contribution is 5.59. The molecule has 0 fully saturated rings. The fourth-order valence-electron chi connectivity index (χ4n) is 2.17. The number of aliphatic hydroxyl groups excluding tert-OH is 1. The molecular weight excluding hydrogens is 238 g/mol. The van der Waals surface area contributed by atoms with Gasteiger partial charge < -0.3 is 10.4 Å². The minimum Gasteiger partial charge on any atom is -0.396 e. The van der Waals surface area contributed by atoms with Crippen LogP contribution in [0.2, 0.25) is 0 Å². The van der Waals surface area contributed by atoms with Crippen LogP contribution >= 0.6 is 0 Å². The Balaban J connectivity index is 2.98. The maximum atomic E-state index is 9.57. The van der Waals surface area contributed by atoms with E-state index < -0.39 is 0 Å². The summed E-state index contributed by atoms with van der Waals surface area (Å²) in [5.41, 5.74) is 2.91. The molecule has 0 bridgehead atoms. The fourth-order valence-corrected chi connectivity index (χ4v) is 2.17. The van der Waals surface area contributed by atoms with E-state index in [2.05, 4.69) is 30.2 Å². The molecule has 0 atom stereocenters. The molecule has 104 valence electrons. The van der Waals surface area contributed by atoms with Crippen molar-refractivity contribution in [2.75, 3.05) is 18.5 Å². The predicted octanol–water partition coefficient (Wildman–Crippen LogP) is 2.78. The van der Waals surface area contributed by atoms with Crippen molar-refractivity contribution < 1.29 is 5.11 Å². The number of rotatable bonds is 6. The molecule has 0 aliphatic rings.